The Balaban J connectivity index is 4.54. The van der Waals surface area contributed by atoms with Crippen LogP contribution in [0.5, 0.6) is 0 Å². The highest BCUT2D eigenvalue weighted by molar-refractivity contribution is 5.86. The van der Waals surface area contributed by atoms with Gasteiger partial charge in [-0.15, -0.1) is 0 Å². The third-order valence-electron chi connectivity index (χ3n) is 1.99. The fourth-order valence-electron chi connectivity index (χ4n) is 1.22. The van der Waals surface area contributed by atoms with Crippen molar-refractivity contribution in [1.82, 2.24) is 4.90 Å². The Labute approximate surface area is 92.8 Å². The first-order valence-electron chi connectivity index (χ1n) is 4.81. The first kappa shape index (κ1) is 14.4. The lowest BCUT2D eigenvalue weighted by molar-refractivity contribution is -0.151. The number of carbonyl (C=O) groups excluding carboxylic acids is 1. The molecule has 0 saturated heterocycles. The number of carbonyl (C=O) groups is 3. The van der Waals surface area contributed by atoms with Gasteiger partial charge in [0.1, 0.15) is 13.1 Å². The second-order valence-electron chi connectivity index (χ2n) is 3.46. The molecule has 0 aliphatic heterocycles. The van der Waals surface area contributed by atoms with Crippen LogP contribution in [0, 0.1) is 5.92 Å². The Hall–Kier alpha value is -1.63. The predicted octanol–water partition coefficient (Wildman–Crippen LogP) is -1.03. The van der Waals surface area contributed by atoms with Gasteiger partial charge in [0.15, 0.2) is 0 Å². The number of aliphatic carboxylic acids is 2. The number of carboxylic acids is 2. The van der Waals surface area contributed by atoms with E-state index in [4.69, 9.17) is 15.9 Å². The Morgan fingerprint density at radius 3 is 1.94 bits per heavy atom. The maximum absolute atomic E-state index is 11.6. The van der Waals surface area contributed by atoms with Crippen molar-refractivity contribution in [2.24, 2.45) is 11.7 Å². The molecule has 1 atom stereocenters. The van der Waals surface area contributed by atoms with Crippen molar-refractivity contribution < 1.29 is 24.6 Å². The molecule has 0 aromatic carbocycles. The van der Waals surface area contributed by atoms with Crippen molar-refractivity contribution in [1.29, 1.82) is 0 Å². The van der Waals surface area contributed by atoms with Crippen LogP contribution in [0.4, 0.5) is 0 Å². The normalized spacial score (nSPS) is 11.9. The summed E-state index contributed by atoms with van der Waals surface area (Å²) in [6.07, 6.45) is 0.397. The summed E-state index contributed by atoms with van der Waals surface area (Å²) in [4.78, 5) is 33.4. The molecule has 0 aromatic rings. The quantitative estimate of drug-likeness (QED) is 0.516. The number of amides is 1. The van der Waals surface area contributed by atoms with Gasteiger partial charge in [-0.2, -0.15) is 0 Å². The highest BCUT2D eigenvalue weighted by atomic mass is 16.4. The molecule has 0 radical (unpaired) electrons. The van der Waals surface area contributed by atoms with Gasteiger partial charge in [0, 0.05) is 5.92 Å². The maximum atomic E-state index is 11.6. The van der Waals surface area contributed by atoms with Crippen LogP contribution in [-0.2, 0) is 14.4 Å². The van der Waals surface area contributed by atoms with Gasteiger partial charge in [-0.05, 0) is 13.0 Å². The molecule has 0 rings (SSSR count). The second-order valence-corrected chi connectivity index (χ2v) is 3.46. The van der Waals surface area contributed by atoms with E-state index in [0.29, 0.717) is 13.0 Å². The summed E-state index contributed by atoms with van der Waals surface area (Å²) in [6, 6.07) is 0. The van der Waals surface area contributed by atoms with E-state index in [1.54, 1.807) is 6.92 Å². The molecule has 0 saturated carbocycles. The summed E-state index contributed by atoms with van der Waals surface area (Å²) in [5, 5.41) is 17.1. The van der Waals surface area contributed by atoms with E-state index in [0.717, 1.165) is 4.90 Å². The molecule has 7 heteroatoms. The molecule has 0 aromatic heterocycles. The molecule has 0 heterocycles. The molecule has 0 aliphatic rings. The highest BCUT2D eigenvalue weighted by Crippen LogP contribution is 2.06. The molecule has 1 unspecified atom stereocenters. The zero-order valence-electron chi connectivity index (χ0n) is 9.05. The number of nitrogens with zero attached hydrogens (tertiary/aromatic N) is 1. The summed E-state index contributed by atoms with van der Waals surface area (Å²) in [5.74, 6) is -3.46. The first-order valence-corrected chi connectivity index (χ1v) is 4.81. The lowest BCUT2D eigenvalue weighted by Gasteiger charge is -2.22. The van der Waals surface area contributed by atoms with Crippen molar-refractivity contribution >= 4 is 17.8 Å². The van der Waals surface area contributed by atoms with Gasteiger partial charge in [0.25, 0.3) is 0 Å². The summed E-state index contributed by atoms with van der Waals surface area (Å²) in [6.45, 7) is 0.660. The van der Waals surface area contributed by atoms with E-state index in [9.17, 15) is 14.4 Å². The number of rotatable bonds is 7. The van der Waals surface area contributed by atoms with Crippen LogP contribution in [0.25, 0.3) is 0 Å². The summed E-state index contributed by atoms with van der Waals surface area (Å²) < 4.78 is 0. The Morgan fingerprint density at radius 2 is 1.62 bits per heavy atom. The fourth-order valence-corrected chi connectivity index (χ4v) is 1.22. The standard InChI is InChI=1S/C9H16N2O5/c1-6(2-3-10)9(16)11(4-7(12)13)5-8(14)15/h6H,2-5,10H2,1H3,(H,12,13)(H,14,15). The smallest absolute Gasteiger partial charge is 0.323 e. The largest absolute Gasteiger partial charge is 0.480 e. The van der Waals surface area contributed by atoms with E-state index in [1.807, 2.05) is 0 Å². The van der Waals surface area contributed by atoms with Crippen molar-refractivity contribution in [3.8, 4) is 0 Å². The third kappa shape index (κ3) is 5.30. The molecule has 0 aliphatic carbocycles. The molecule has 92 valence electrons. The van der Waals surface area contributed by atoms with Gasteiger partial charge in [0.05, 0.1) is 0 Å². The van der Waals surface area contributed by atoms with Crippen LogP contribution >= 0.6 is 0 Å². The van der Waals surface area contributed by atoms with Crippen LogP contribution in [0.2, 0.25) is 0 Å². The van der Waals surface area contributed by atoms with Crippen LogP contribution in [0.1, 0.15) is 13.3 Å². The van der Waals surface area contributed by atoms with E-state index in [1.165, 1.54) is 0 Å². The van der Waals surface area contributed by atoms with Crippen LogP contribution in [-0.4, -0.2) is 52.6 Å². The SMILES string of the molecule is CC(CCN)C(=O)N(CC(=O)O)CC(=O)O. The van der Waals surface area contributed by atoms with E-state index in [2.05, 4.69) is 0 Å². The van der Waals surface area contributed by atoms with Crippen LogP contribution in [0.15, 0.2) is 0 Å². The number of hydrogen-bond donors (Lipinski definition) is 3. The fraction of sp³-hybridized carbons (Fsp3) is 0.667. The molecule has 16 heavy (non-hydrogen) atoms. The lowest BCUT2D eigenvalue weighted by Crippen LogP contribution is -2.42. The van der Waals surface area contributed by atoms with Crippen molar-refractivity contribution in [2.45, 2.75) is 13.3 Å². The highest BCUT2D eigenvalue weighted by Gasteiger charge is 2.23. The lowest BCUT2D eigenvalue weighted by atomic mass is 10.1. The topological polar surface area (TPSA) is 121 Å². The predicted molar refractivity (Wildman–Crippen MR) is 54.7 cm³/mol. The molecular formula is C9H16N2O5. The van der Waals surface area contributed by atoms with Crippen LogP contribution < -0.4 is 5.73 Å². The zero-order chi connectivity index (χ0) is 12.7. The molecule has 0 bridgehead atoms. The Kier molecular flexibility index (Phi) is 6.09. The van der Waals surface area contributed by atoms with E-state index in [-0.39, 0.29) is 0 Å². The van der Waals surface area contributed by atoms with Gasteiger partial charge < -0.3 is 20.8 Å². The minimum atomic E-state index is -1.24. The average molecular weight is 232 g/mol. The average Bonchev–Trinajstić information content (AvgIpc) is 2.14. The zero-order valence-corrected chi connectivity index (χ0v) is 9.05. The Bertz CT molecular complexity index is 263. The molecule has 0 fully saturated rings. The number of nitrogens with two attached hydrogens (primary N) is 1. The summed E-state index contributed by atoms with van der Waals surface area (Å²) >= 11 is 0. The summed E-state index contributed by atoms with van der Waals surface area (Å²) in [5.41, 5.74) is 5.27. The monoisotopic (exact) mass is 232 g/mol. The minimum Gasteiger partial charge on any atom is -0.480 e. The van der Waals surface area contributed by atoms with E-state index >= 15 is 0 Å². The van der Waals surface area contributed by atoms with Crippen LogP contribution in [0.3, 0.4) is 0 Å². The van der Waals surface area contributed by atoms with Gasteiger partial charge in [-0.3, -0.25) is 14.4 Å². The van der Waals surface area contributed by atoms with Gasteiger partial charge >= 0.3 is 11.9 Å². The third-order valence-corrected chi connectivity index (χ3v) is 1.99. The van der Waals surface area contributed by atoms with Crippen molar-refractivity contribution in [2.75, 3.05) is 19.6 Å². The van der Waals surface area contributed by atoms with Crippen molar-refractivity contribution in [3.63, 3.8) is 0 Å². The minimum absolute atomic E-state index is 0.293. The van der Waals surface area contributed by atoms with E-state index < -0.39 is 36.9 Å². The molecular weight excluding hydrogens is 216 g/mol. The van der Waals surface area contributed by atoms with Gasteiger partial charge in [-0.25, -0.2) is 0 Å². The maximum Gasteiger partial charge on any atom is 0.323 e. The molecule has 0 spiro atoms. The first-order chi connectivity index (χ1) is 7.38. The Morgan fingerprint density at radius 1 is 1.19 bits per heavy atom. The second kappa shape index (κ2) is 6.78. The molecule has 7 nitrogen and oxygen atoms in total. The van der Waals surface area contributed by atoms with Crippen molar-refractivity contribution in [3.05, 3.63) is 0 Å². The number of hydrogen-bond acceptors (Lipinski definition) is 4. The number of carboxylic acid groups (broad SMARTS) is 2. The molecule has 4 N–H and O–H groups in total. The van der Waals surface area contributed by atoms with Gasteiger partial charge in [0.2, 0.25) is 5.91 Å². The summed E-state index contributed by atoms with van der Waals surface area (Å²) in [7, 11) is 0. The molecule has 1 amide bonds. The van der Waals surface area contributed by atoms with Gasteiger partial charge in [-0.1, -0.05) is 6.92 Å².